The van der Waals surface area contributed by atoms with Crippen molar-refractivity contribution < 1.29 is 9.47 Å². The molecule has 0 bridgehead atoms. The predicted octanol–water partition coefficient (Wildman–Crippen LogP) is 1.20. The lowest BCUT2D eigenvalue weighted by Gasteiger charge is -2.10. The number of anilines is 2. The van der Waals surface area contributed by atoms with Crippen LogP contribution in [0.3, 0.4) is 0 Å². The van der Waals surface area contributed by atoms with Gasteiger partial charge in [0.1, 0.15) is 28.9 Å². The molecule has 0 unspecified atom stereocenters. The average molecular weight is 271 g/mol. The molecule has 20 heavy (non-hydrogen) atoms. The number of rotatable bonds is 3. The maximum Gasteiger partial charge on any atom is 0.222 e. The SMILES string of the molecule is COc1cc(OC)cc(-c2nc(N)nc(N)c2C#N)c1. The molecule has 7 nitrogen and oxygen atoms in total. The van der Waals surface area contributed by atoms with Crippen LogP contribution in [0.2, 0.25) is 0 Å². The molecule has 102 valence electrons. The number of nitrogen functional groups attached to an aromatic ring is 2. The van der Waals surface area contributed by atoms with E-state index in [4.69, 9.17) is 20.9 Å². The van der Waals surface area contributed by atoms with E-state index in [1.807, 2.05) is 6.07 Å². The Kier molecular flexibility index (Phi) is 3.57. The summed E-state index contributed by atoms with van der Waals surface area (Å²) in [7, 11) is 3.07. The van der Waals surface area contributed by atoms with Crippen molar-refractivity contribution in [2.24, 2.45) is 0 Å². The van der Waals surface area contributed by atoms with Crippen LogP contribution in [0.15, 0.2) is 18.2 Å². The highest BCUT2D eigenvalue weighted by molar-refractivity contribution is 5.74. The molecule has 1 heterocycles. The summed E-state index contributed by atoms with van der Waals surface area (Å²) in [6.07, 6.45) is 0. The Morgan fingerprint density at radius 2 is 1.65 bits per heavy atom. The van der Waals surface area contributed by atoms with Crippen LogP contribution in [0, 0.1) is 11.3 Å². The molecule has 0 aliphatic rings. The van der Waals surface area contributed by atoms with Gasteiger partial charge in [-0.15, -0.1) is 0 Å². The number of benzene rings is 1. The van der Waals surface area contributed by atoms with Gasteiger partial charge in [-0.1, -0.05) is 0 Å². The number of nitriles is 1. The highest BCUT2D eigenvalue weighted by Gasteiger charge is 2.15. The summed E-state index contributed by atoms with van der Waals surface area (Å²) in [5, 5.41) is 9.19. The lowest BCUT2D eigenvalue weighted by molar-refractivity contribution is 0.394. The third-order valence-corrected chi connectivity index (χ3v) is 2.69. The maximum atomic E-state index is 9.19. The highest BCUT2D eigenvalue weighted by atomic mass is 16.5. The van der Waals surface area contributed by atoms with E-state index in [9.17, 15) is 5.26 Å². The Hall–Kier alpha value is -3.01. The molecule has 2 aromatic rings. The molecule has 1 aromatic carbocycles. The van der Waals surface area contributed by atoms with Crippen LogP contribution < -0.4 is 20.9 Å². The number of nitrogens with zero attached hydrogens (tertiary/aromatic N) is 3. The molecule has 0 radical (unpaired) electrons. The molecule has 7 heteroatoms. The van der Waals surface area contributed by atoms with E-state index >= 15 is 0 Å². The first-order valence-corrected chi connectivity index (χ1v) is 5.65. The Morgan fingerprint density at radius 3 is 2.15 bits per heavy atom. The summed E-state index contributed by atoms with van der Waals surface area (Å²) in [5.74, 6) is 1.17. The van der Waals surface area contributed by atoms with Gasteiger partial charge in [-0.05, 0) is 12.1 Å². The highest BCUT2D eigenvalue weighted by Crippen LogP contribution is 2.32. The van der Waals surface area contributed by atoms with Crippen LogP contribution in [0.25, 0.3) is 11.3 Å². The van der Waals surface area contributed by atoms with Gasteiger partial charge in [0, 0.05) is 11.6 Å². The van der Waals surface area contributed by atoms with Crippen molar-refractivity contribution in [3.63, 3.8) is 0 Å². The van der Waals surface area contributed by atoms with Crippen LogP contribution in [0.1, 0.15) is 5.56 Å². The third kappa shape index (κ3) is 2.40. The van der Waals surface area contributed by atoms with Gasteiger partial charge >= 0.3 is 0 Å². The second-order valence-electron chi connectivity index (χ2n) is 3.90. The van der Waals surface area contributed by atoms with Gasteiger partial charge in [-0.2, -0.15) is 10.2 Å². The molecule has 0 aliphatic heterocycles. The minimum absolute atomic E-state index is 0.00159. The molecular formula is C13H13N5O2. The third-order valence-electron chi connectivity index (χ3n) is 2.69. The molecule has 2 rings (SSSR count). The van der Waals surface area contributed by atoms with Crippen LogP contribution in [0.5, 0.6) is 11.5 Å². The lowest BCUT2D eigenvalue weighted by Crippen LogP contribution is -2.05. The topological polar surface area (TPSA) is 120 Å². The first-order chi connectivity index (χ1) is 9.58. The van der Waals surface area contributed by atoms with E-state index in [-0.39, 0.29) is 17.3 Å². The van der Waals surface area contributed by atoms with Crippen LogP contribution >= 0.6 is 0 Å². The van der Waals surface area contributed by atoms with Gasteiger partial charge in [-0.3, -0.25) is 0 Å². The van der Waals surface area contributed by atoms with E-state index in [2.05, 4.69) is 9.97 Å². The van der Waals surface area contributed by atoms with Gasteiger partial charge in [0.2, 0.25) is 5.95 Å². The van der Waals surface area contributed by atoms with Crippen LogP contribution in [-0.2, 0) is 0 Å². The summed E-state index contributed by atoms with van der Waals surface area (Å²) in [6, 6.07) is 7.11. The average Bonchev–Trinajstić information content (AvgIpc) is 2.45. The zero-order valence-electron chi connectivity index (χ0n) is 11.0. The summed E-state index contributed by atoms with van der Waals surface area (Å²) >= 11 is 0. The largest absolute Gasteiger partial charge is 0.497 e. The number of nitrogens with two attached hydrogens (primary N) is 2. The molecule has 0 amide bonds. The minimum Gasteiger partial charge on any atom is -0.497 e. The Bertz CT molecular complexity index is 672. The van der Waals surface area contributed by atoms with Crippen molar-refractivity contribution >= 4 is 11.8 Å². The fourth-order valence-electron chi connectivity index (χ4n) is 1.76. The van der Waals surface area contributed by atoms with Gasteiger partial charge in [-0.25, -0.2) is 4.98 Å². The number of hydrogen-bond donors (Lipinski definition) is 2. The van der Waals surface area contributed by atoms with E-state index in [1.165, 1.54) is 14.2 Å². The van der Waals surface area contributed by atoms with Crippen molar-refractivity contribution in [3.05, 3.63) is 23.8 Å². The summed E-state index contributed by atoms with van der Waals surface area (Å²) < 4.78 is 10.4. The second-order valence-corrected chi connectivity index (χ2v) is 3.90. The zero-order chi connectivity index (χ0) is 14.7. The van der Waals surface area contributed by atoms with Crippen molar-refractivity contribution in [3.8, 4) is 28.8 Å². The Morgan fingerprint density at radius 1 is 1.05 bits per heavy atom. The van der Waals surface area contributed by atoms with Gasteiger partial charge in [0.25, 0.3) is 0 Å². The van der Waals surface area contributed by atoms with Crippen LogP contribution in [-0.4, -0.2) is 24.2 Å². The number of aromatic nitrogens is 2. The van der Waals surface area contributed by atoms with Crippen molar-refractivity contribution in [1.29, 1.82) is 5.26 Å². The van der Waals surface area contributed by atoms with E-state index in [1.54, 1.807) is 18.2 Å². The number of hydrogen-bond acceptors (Lipinski definition) is 7. The predicted molar refractivity (Wildman–Crippen MR) is 74.1 cm³/mol. The first-order valence-electron chi connectivity index (χ1n) is 5.65. The smallest absolute Gasteiger partial charge is 0.222 e. The second kappa shape index (κ2) is 5.32. The number of methoxy groups -OCH3 is 2. The molecule has 0 atom stereocenters. The maximum absolute atomic E-state index is 9.19. The van der Waals surface area contributed by atoms with Gasteiger partial charge in [0.05, 0.1) is 19.9 Å². The van der Waals surface area contributed by atoms with Gasteiger partial charge in [0.15, 0.2) is 0 Å². The number of ether oxygens (including phenoxy) is 2. The van der Waals surface area contributed by atoms with Crippen molar-refractivity contribution in [2.75, 3.05) is 25.7 Å². The molecule has 0 spiro atoms. The van der Waals surface area contributed by atoms with Crippen LogP contribution in [0.4, 0.5) is 11.8 Å². The molecular weight excluding hydrogens is 258 g/mol. The normalized spacial score (nSPS) is 9.85. The molecule has 0 saturated heterocycles. The van der Waals surface area contributed by atoms with Crippen molar-refractivity contribution in [1.82, 2.24) is 9.97 Å². The molecule has 4 N–H and O–H groups in total. The molecule has 0 saturated carbocycles. The summed E-state index contributed by atoms with van der Waals surface area (Å²) in [5.41, 5.74) is 12.4. The summed E-state index contributed by atoms with van der Waals surface area (Å²) in [4.78, 5) is 7.85. The standard InChI is InChI=1S/C13H13N5O2/c1-19-8-3-7(4-9(5-8)20-2)11-10(6-14)12(15)18-13(16)17-11/h3-5H,1-2H3,(H4,15,16,17,18). The van der Waals surface area contributed by atoms with Crippen molar-refractivity contribution in [2.45, 2.75) is 0 Å². The molecule has 1 aromatic heterocycles. The van der Waals surface area contributed by atoms with E-state index in [0.717, 1.165) is 0 Å². The fourth-order valence-corrected chi connectivity index (χ4v) is 1.76. The molecule has 0 fully saturated rings. The Labute approximate surface area is 115 Å². The van der Waals surface area contributed by atoms with E-state index in [0.29, 0.717) is 22.8 Å². The Balaban J connectivity index is 2.71. The summed E-state index contributed by atoms with van der Waals surface area (Å²) in [6.45, 7) is 0. The first kappa shape index (κ1) is 13.4. The minimum atomic E-state index is -0.00159. The van der Waals surface area contributed by atoms with Gasteiger partial charge < -0.3 is 20.9 Å². The molecule has 0 aliphatic carbocycles. The lowest BCUT2D eigenvalue weighted by atomic mass is 10.1. The zero-order valence-corrected chi connectivity index (χ0v) is 11.0. The van der Waals surface area contributed by atoms with E-state index < -0.39 is 0 Å². The fraction of sp³-hybridized carbons (Fsp3) is 0.154. The quantitative estimate of drug-likeness (QED) is 0.860. The monoisotopic (exact) mass is 271 g/mol.